The maximum Gasteiger partial charge on any atom is 0.303 e. The number of rotatable bonds is 8. The molecule has 0 aliphatic carbocycles. The molecule has 0 aromatic carbocycles. The molecule has 0 bridgehead atoms. The lowest BCUT2D eigenvalue weighted by atomic mass is 10.4. The molecule has 104 valence electrons. The molecular formula is C11H18O7. The third kappa shape index (κ3) is 10.9. The molecule has 0 unspecified atom stereocenters. The third-order valence-electron chi connectivity index (χ3n) is 1.64. The molecule has 7 heteroatoms. The lowest BCUT2D eigenvalue weighted by Crippen LogP contribution is -2.29. The topological polar surface area (TPSA) is 88.1 Å². The van der Waals surface area contributed by atoms with E-state index in [1.54, 1.807) is 0 Å². The Balaban J connectivity index is 3.81. The van der Waals surface area contributed by atoms with Crippen molar-refractivity contribution >= 4 is 17.9 Å². The van der Waals surface area contributed by atoms with Gasteiger partial charge in [0.15, 0.2) is 6.10 Å². The minimum atomic E-state index is -0.663. The number of carbonyl (C=O) groups is 3. The van der Waals surface area contributed by atoms with E-state index in [0.717, 1.165) is 0 Å². The molecule has 0 heterocycles. The summed E-state index contributed by atoms with van der Waals surface area (Å²) in [6.45, 7) is 4.10. The van der Waals surface area contributed by atoms with Crippen LogP contribution in [-0.4, -0.2) is 50.4 Å². The van der Waals surface area contributed by atoms with Crippen molar-refractivity contribution in [2.45, 2.75) is 26.9 Å². The molecule has 0 spiro atoms. The van der Waals surface area contributed by atoms with Gasteiger partial charge in [0.2, 0.25) is 0 Å². The van der Waals surface area contributed by atoms with Crippen LogP contribution in [0.3, 0.4) is 0 Å². The Kier molecular flexibility index (Phi) is 8.55. The second-order valence-corrected chi connectivity index (χ2v) is 3.45. The third-order valence-corrected chi connectivity index (χ3v) is 1.64. The standard InChI is InChI=1S/C11H18O7/c1-8(12)16-5-4-15-6-11(18-10(3)14)7-17-9(2)13/h11H,4-7H2,1-3H3/t11-/m0/s1. The molecule has 0 radical (unpaired) electrons. The van der Waals surface area contributed by atoms with E-state index in [1.165, 1.54) is 20.8 Å². The number of hydrogen-bond donors (Lipinski definition) is 0. The van der Waals surface area contributed by atoms with Gasteiger partial charge < -0.3 is 18.9 Å². The van der Waals surface area contributed by atoms with Crippen LogP contribution in [-0.2, 0) is 33.3 Å². The van der Waals surface area contributed by atoms with Crippen molar-refractivity contribution in [2.75, 3.05) is 26.4 Å². The van der Waals surface area contributed by atoms with Gasteiger partial charge in [-0.2, -0.15) is 0 Å². The maximum atomic E-state index is 10.8. The summed E-state index contributed by atoms with van der Waals surface area (Å²) < 4.78 is 19.4. The van der Waals surface area contributed by atoms with Gasteiger partial charge in [0.25, 0.3) is 0 Å². The Morgan fingerprint density at radius 2 is 1.44 bits per heavy atom. The van der Waals surface area contributed by atoms with Crippen molar-refractivity contribution in [3.8, 4) is 0 Å². The fraction of sp³-hybridized carbons (Fsp3) is 0.727. The molecule has 0 saturated carbocycles. The molecule has 0 fully saturated rings. The summed E-state index contributed by atoms with van der Waals surface area (Å²) in [6.07, 6.45) is -0.663. The summed E-state index contributed by atoms with van der Waals surface area (Å²) in [5.74, 6) is -1.35. The van der Waals surface area contributed by atoms with Crippen LogP contribution in [0.2, 0.25) is 0 Å². The minimum absolute atomic E-state index is 0.0636. The van der Waals surface area contributed by atoms with Crippen LogP contribution in [0, 0.1) is 0 Å². The monoisotopic (exact) mass is 262 g/mol. The molecule has 18 heavy (non-hydrogen) atoms. The van der Waals surface area contributed by atoms with Crippen LogP contribution in [0.4, 0.5) is 0 Å². The SMILES string of the molecule is CC(=O)OCCOC[C@@H](COC(C)=O)OC(C)=O. The Morgan fingerprint density at radius 3 is 1.94 bits per heavy atom. The molecule has 0 aromatic heterocycles. The van der Waals surface area contributed by atoms with E-state index in [4.69, 9.17) is 14.2 Å². The highest BCUT2D eigenvalue weighted by Crippen LogP contribution is 1.97. The summed E-state index contributed by atoms with van der Waals surface area (Å²) in [5, 5.41) is 0. The number of carbonyl (C=O) groups excluding carboxylic acids is 3. The average Bonchev–Trinajstić information content (AvgIpc) is 2.23. The number of ether oxygens (including phenoxy) is 4. The van der Waals surface area contributed by atoms with E-state index in [9.17, 15) is 14.4 Å². The Bertz CT molecular complexity index is 287. The van der Waals surface area contributed by atoms with Crippen LogP contribution < -0.4 is 0 Å². The summed E-state index contributed by atoms with van der Waals surface area (Å²) >= 11 is 0. The molecule has 0 saturated heterocycles. The highest BCUT2D eigenvalue weighted by Gasteiger charge is 2.14. The smallest absolute Gasteiger partial charge is 0.303 e. The largest absolute Gasteiger partial charge is 0.463 e. The summed E-state index contributed by atoms with van der Waals surface area (Å²) in [4.78, 5) is 31.9. The number of esters is 3. The van der Waals surface area contributed by atoms with E-state index in [0.29, 0.717) is 0 Å². The van der Waals surface area contributed by atoms with Gasteiger partial charge in [-0.05, 0) is 0 Å². The minimum Gasteiger partial charge on any atom is -0.463 e. The van der Waals surface area contributed by atoms with E-state index < -0.39 is 24.0 Å². The molecule has 0 aliphatic rings. The zero-order valence-corrected chi connectivity index (χ0v) is 10.8. The Morgan fingerprint density at radius 1 is 0.833 bits per heavy atom. The lowest BCUT2D eigenvalue weighted by molar-refractivity contribution is -0.160. The van der Waals surface area contributed by atoms with E-state index >= 15 is 0 Å². The van der Waals surface area contributed by atoms with E-state index in [1.807, 2.05) is 0 Å². The molecular weight excluding hydrogens is 244 g/mol. The molecule has 0 N–H and O–H groups in total. The van der Waals surface area contributed by atoms with Gasteiger partial charge in [0.05, 0.1) is 13.2 Å². The maximum absolute atomic E-state index is 10.8. The summed E-state index contributed by atoms with van der Waals surface area (Å²) in [7, 11) is 0. The average molecular weight is 262 g/mol. The van der Waals surface area contributed by atoms with Crippen LogP contribution in [0.15, 0.2) is 0 Å². The van der Waals surface area contributed by atoms with Gasteiger partial charge in [0, 0.05) is 20.8 Å². The molecule has 0 amide bonds. The predicted octanol–water partition coefficient (Wildman–Crippen LogP) is 0.0609. The molecule has 0 rings (SSSR count). The van der Waals surface area contributed by atoms with Crippen molar-refractivity contribution in [3.05, 3.63) is 0 Å². The van der Waals surface area contributed by atoms with Gasteiger partial charge in [-0.25, -0.2) is 0 Å². The Labute approximate surface area is 105 Å². The fourth-order valence-corrected chi connectivity index (χ4v) is 1.02. The zero-order chi connectivity index (χ0) is 14.0. The van der Waals surface area contributed by atoms with Gasteiger partial charge in [-0.1, -0.05) is 0 Å². The first kappa shape index (κ1) is 16.4. The second-order valence-electron chi connectivity index (χ2n) is 3.45. The summed E-state index contributed by atoms with van der Waals surface area (Å²) in [5.41, 5.74) is 0. The van der Waals surface area contributed by atoms with Crippen LogP contribution in [0.25, 0.3) is 0 Å². The van der Waals surface area contributed by atoms with Crippen LogP contribution >= 0.6 is 0 Å². The van der Waals surface area contributed by atoms with Gasteiger partial charge in [-0.3, -0.25) is 14.4 Å². The molecule has 7 nitrogen and oxygen atoms in total. The van der Waals surface area contributed by atoms with Crippen molar-refractivity contribution in [1.29, 1.82) is 0 Å². The molecule has 1 atom stereocenters. The molecule has 0 aliphatic heterocycles. The highest BCUT2D eigenvalue weighted by atomic mass is 16.6. The van der Waals surface area contributed by atoms with Crippen molar-refractivity contribution in [1.82, 2.24) is 0 Å². The predicted molar refractivity (Wildman–Crippen MR) is 59.6 cm³/mol. The Hall–Kier alpha value is -1.63. The first-order chi connectivity index (χ1) is 8.41. The summed E-state index contributed by atoms with van der Waals surface area (Å²) in [6, 6.07) is 0. The van der Waals surface area contributed by atoms with Crippen LogP contribution in [0.1, 0.15) is 20.8 Å². The fourth-order valence-electron chi connectivity index (χ4n) is 1.02. The van der Waals surface area contributed by atoms with E-state index in [2.05, 4.69) is 4.74 Å². The number of hydrogen-bond acceptors (Lipinski definition) is 7. The first-order valence-corrected chi connectivity index (χ1v) is 5.43. The normalized spacial score (nSPS) is 11.5. The lowest BCUT2D eigenvalue weighted by Gasteiger charge is -2.16. The van der Waals surface area contributed by atoms with E-state index in [-0.39, 0.29) is 26.4 Å². The van der Waals surface area contributed by atoms with Crippen LogP contribution in [0.5, 0.6) is 0 Å². The van der Waals surface area contributed by atoms with Crippen molar-refractivity contribution in [3.63, 3.8) is 0 Å². The van der Waals surface area contributed by atoms with Gasteiger partial charge in [0.1, 0.15) is 13.2 Å². The van der Waals surface area contributed by atoms with Gasteiger partial charge in [-0.15, -0.1) is 0 Å². The van der Waals surface area contributed by atoms with Crippen molar-refractivity contribution in [2.24, 2.45) is 0 Å². The second kappa shape index (κ2) is 9.41. The zero-order valence-electron chi connectivity index (χ0n) is 10.8. The van der Waals surface area contributed by atoms with Crippen molar-refractivity contribution < 1.29 is 33.3 Å². The highest BCUT2D eigenvalue weighted by molar-refractivity contribution is 5.67. The van der Waals surface area contributed by atoms with Gasteiger partial charge >= 0.3 is 17.9 Å². The molecule has 0 aromatic rings. The quantitative estimate of drug-likeness (QED) is 0.347. The first-order valence-electron chi connectivity index (χ1n) is 5.43.